The number of rotatable bonds is 11. The van der Waals surface area contributed by atoms with E-state index in [0.29, 0.717) is 36.6 Å². The van der Waals surface area contributed by atoms with Crippen molar-refractivity contribution in [2.45, 2.75) is 55.5 Å². The SMILES string of the molecule is C[C@H](CO)ON=C(C(=O)Nc1ncc(CN2CCN(C=O)[C@@H](C)C2)s1)c1ccc(S(=O)(=O)C2CC2)cc1. The number of benzene rings is 1. The summed E-state index contributed by atoms with van der Waals surface area (Å²) in [5, 5.41) is 16.0. The molecule has 2 N–H and O–H groups in total. The molecule has 2 fully saturated rings. The standard InChI is InChI=1S/C24H31N5O6S2/c1-16-12-28(9-10-29(16)15-31)13-19-11-25-24(36-19)26-23(32)22(27-35-17(2)14-30)18-3-5-20(6-4-18)37(33,34)21-7-8-21/h3-6,11,15-17,21,30H,7-10,12-14H2,1-2H3,(H,25,26,32)/t16-,17+/m0/s1. The number of carbonyl (C=O) groups excluding carboxylic acids is 2. The van der Waals surface area contributed by atoms with Gasteiger partial charge in [-0.25, -0.2) is 13.4 Å². The van der Waals surface area contributed by atoms with Crippen LogP contribution in [-0.4, -0.2) is 90.0 Å². The lowest BCUT2D eigenvalue weighted by atomic mass is 10.1. The maximum atomic E-state index is 13.1. The maximum Gasteiger partial charge on any atom is 0.280 e. The number of anilines is 1. The number of piperazine rings is 1. The molecule has 1 saturated carbocycles. The molecule has 2 atom stereocenters. The van der Waals surface area contributed by atoms with E-state index in [9.17, 15) is 23.1 Å². The summed E-state index contributed by atoms with van der Waals surface area (Å²) in [4.78, 5) is 39.0. The Morgan fingerprint density at radius 3 is 2.68 bits per heavy atom. The van der Waals surface area contributed by atoms with E-state index in [0.717, 1.165) is 24.4 Å². The Balaban J connectivity index is 1.45. The number of carbonyl (C=O) groups is 2. The lowest BCUT2D eigenvalue weighted by molar-refractivity contribution is -0.122. The zero-order valence-corrected chi connectivity index (χ0v) is 22.4. The Labute approximate surface area is 220 Å². The minimum atomic E-state index is -3.36. The van der Waals surface area contributed by atoms with Crippen molar-refractivity contribution in [1.82, 2.24) is 14.8 Å². The van der Waals surface area contributed by atoms with Crippen molar-refractivity contribution in [2.24, 2.45) is 5.16 Å². The molecule has 11 nitrogen and oxygen atoms in total. The molecule has 0 spiro atoms. The van der Waals surface area contributed by atoms with Gasteiger partial charge in [0.1, 0.15) is 6.10 Å². The number of sulfone groups is 1. The molecular formula is C24H31N5O6S2. The number of oxime groups is 1. The molecule has 2 aliphatic rings. The second-order valence-electron chi connectivity index (χ2n) is 9.32. The summed E-state index contributed by atoms with van der Waals surface area (Å²) in [5.74, 6) is -0.572. The first-order valence-electron chi connectivity index (χ1n) is 12.1. The lowest BCUT2D eigenvalue weighted by Crippen LogP contribution is -2.50. The Bertz CT molecular complexity index is 1240. The molecule has 2 heterocycles. The molecular weight excluding hydrogens is 518 g/mol. The van der Waals surface area contributed by atoms with E-state index in [1.165, 1.54) is 35.6 Å². The van der Waals surface area contributed by atoms with E-state index >= 15 is 0 Å². The Morgan fingerprint density at radius 1 is 1.32 bits per heavy atom. The van der Waals surface area contributed by atoms with E-state index in [4.69, 9.17) is 4.84 Å². The summed E-state index contributed by atoms with van der Waals surface area (Å²) < 4.78 is 25.0. The predicted octanol–water partition coefficient (Wildman–Crippen LogP) is 1.48. The van der Waals surface area contributed by atoms with Crippen LogP contribution in [0.1, 0.15) is 37.1 Å². The molecule has 200 valence electrons. The van der Waals surface area contributed by atoms with Gasteiger partial charge >= 0.3 is 0 Å². The minimum Gasteiger partial charge on any atom is -0.392 e. The van der Waals surface area contributed by atoms with E-state index in [1.807, 2.05) is 6.92 Å². The number of amides is 2. The summed E-state index contributed by atoms with van der Waals surface area (Å²) in [5.41, 5.74) is 0.308. The Kier molecular flexibility index (Phi) is 8.57. The van der Waals surface area contributed by atoms with Crippen LogP contribution in [0.4, 0.5) is 5.13 Å². The molecule has 1 aromatic carbocycles. The molecule has 1 aliphatic carbocycles. The van der Waals surface area contributed by atoms with Crippen LogP contribution in [0.2, 0.25) is 0 Å². The van der Waals surface area contributed by atoms with Gasteiger partial charge in [-0.3, -0.25) is 19.8 Å². The van der Waals surface area contributed by atoms with Crippen molar-refractivity contribution < 1.29 is 28.0 Å². The predicted molar refractivity (Wildman–Crippen MR) is 139 cm³/mol. The fraction of sp³-hybridized carbons (Fsp3) is 0.500. The molecule has 1 saturated heterocycles. The normalized spacial score (nSPS) is 19.9. The van der Waals surface area contributed by atoms with Crippen LogP contribution in [-0.2, 0) is 30.8 Å². The fourth-order valence-electron chi connectivity index (χ4n) is 3.94. The third kappa shape index (κ3) is 6.72. The molecule has 4 rings (SSSR count). The molecule has 2 aromatic rings. The highest BCUT2D eigenvalue weighted by molar-refractivity contribution is 7.92. The average molecular weight is 550 g/mol. The van der Waals surface area contributed by atoms with Crippen molar-refractivity contribution >= 4 is 44.3 Å². The second-order valence-corrected chi connectivity index (χ2v) is 12.7. The number of nitrogens with zero attached hydrogens (tertiary/aromatic N) is 4. The third-order valence-corrected chi connectivity index (χ3v) is 9.44. The summed E-state index contributed by atoms with van der Waals surface area (Å²) in [7, 11) is -3.36. The highest BCUT2D eigenvalue weighted by Gasteiger charge is 2.36. The molecule has 0 bridgehead atoms. The Morgan fingerprint density at radius 2 is 2.05 bits per heavy atom. The van der Waals surface area contributed by atoms with Crippen LogP contribution < -0.4 is 5.32 Å². The van der Waals surface area contributed by atoms with Crippen LogP contribution in [0.15, 0.2) is 40.5 Å². The van der Waals surface area contributed by atoms with Crippen LogP contribution >= 0.6 is 11.3 Å². The number of aliphatic hydroxyl groups is 1. The molecule has 13 heteroatoms. The van der Waals surface area contributed by atoms with Crippen molar-refractivity contribution in [3.05, 3.63) is 40.9 Å². The maximum absolute atomic E-state index is 13.1. The van der Waals surface area contributed by atoms with E-state index in [1.54, 1.807) is 18.0 Å². The number of aliphatic hydroxyl groups excluding tert-OH is 1. The lowest BCUT2D eigenvalue weighted by Gasteiger charge is -2.37. The van der Waals surface area contributed by atoms with E-state index in [-0.39, 0.29) is 28.5 Å². The van der Waals surface area contributed by atoms with Crippen LogP contribution in [0, 0.1) is 0 Å². The zero-order chi connectivity index (χ0) is 26.6. The van der Waals surface area contributed by atoms with Gasteiger partial charge in [0.05, 0.1) is 16.8 Å². The van der Waals surface area contributed by atoms with Gasteiger partial charge < -0.3 is 14.8 Å². The highest BCUT2D eigenvalue weighted by Crippen LogP contribution is 2.33. The number of hydrogen-bond donors (Lipinski definition) is 2. The van der Waals surface area contributed by atoms with Crippen LogP contribution in [0.3, 0.4) is 0 Å². The first kappa shape index (κ1) is 27.2. The minimum absolute atomic E-state index is 0.0637. The summed E-state index contributed by atoms with van der Waals surface area (Å²) in [6.45, 7) is 6.15. The van der Waals surface area contributed by atoms with Gasteiger partial charge in [-0.2, -0.15) is 0 Å². The largest absolute Gasteiger partial charge is 0.392 e. The summed E-state index contributed by atoms with van der Waals surface area (Å²) >= 11 is 1.34. The van der Waals surface area contributed by atoms with Gasteiger partial charge in [0.25, 0.3) is 5.91 Å². The number of nitrogens with one attached hydrogen (secondary N) is 1. The number of aromatic nitrogens is 1. The Hall–Kier alpha value is -2.87. The topological polar surface area (TPSA) is 141 Å². The number of hydrogen-bond acceptors (Lipinski definition) is 10. The molecule has 1 aromatic heterocycles. The molecule has 37 heavy (non-hydrogen) atoms. The monoisotopic (exact) mass is 549 g/mol. The van der Waals surface area contributed by atoms with Crippen molar-refractivity contribution in [3.63, 3.8) is 0 Å². The zero-order valence-electron chi connectivity index (χ0n) is 20.7. The van der Waals surface area contributed by atoms with Gasteiger partial charge in [-0.1, -0.05) is 17.3 Å². The molecule has 2 amide bonds. The smallest absolute Gasteiger partial charge is 0.280 e. The quantitative estimate of drug-likeness (QED) is 0.244. The molecule has 0 radical (unpaired) electrons. The second kappa shape index (κ2) is 11.7. The van der Waals surface area contributed by atoms with E-state index < -0.39 is 21.8 Å². The first-order chi connectivity index (χ1) is 17.7. The van der Waals surface area contributed by atoms with E-state index in [2.05, 4.69) is 20.4 Å². The fourth-order valence-corrected chi connectivity index (χ4v) is 6.44. The average Bonchev–Trinajstić information content (AvgIpc) is 3.66. The van der Waals surface area contributed by atoms with Gasteiger partial charge in [0, 0.05) is 48.9 Å². The summed E-state index contributed by atoms with van der Waals surface area (Å²) in [6, 6.07) is 6.11. The van der Waals surface area contributed by atoms with Gasteiger partial charge in [0.2, 0.25) is 6.41 Å². The third-order valence-electron chi connectivity index (χ3n) is 6.27. The van der Waals surface area contributed by atoms with Gasteiger partial charge in [-0.15, -0.1) is 11.3 Å². The van der Waals surface area contributed by atoms with Crippen LogP contribution in [0.25, 0.3) is 0 Å². The van der Waals surface area contributed by atoms with Crippen molar-refractivity contribution in [3.8, 4) is 0 Å². The van der Waals surface area contributed by atoms with Crippen molar-refractivity contribution in [2.75, 3.05) is 31.6 Å². The van der Waals surface area contributed by atoms with Crippen molar-refractivity contribution in [1.29, 1.82) is 0 Å². The van der Waals surface area contributed by atoms with Gasteiger partial charge in [0.15, 0.2) is 20.7 Å². The molecule has 0 unspecified atom stereocenters. The summed E-state index contributed by atoms with van der Waals surface area (Å²) in [6.07, 6.45) is 3.28. The van der Waals surface area contributed by atoms with Crippen LogP contribution in [0.5, 0.6) is 0 Å². The first-order valence-corrected chi connectivity index (χ1v) is 14.5. The van der Waals surface area contributed by atoms with Gasteiger partial charge in [-0.05, 0) is 38.8 Å². The highest BCUT2D eigenvalue weighted by atomic mass is 32.2. The molecule has 1 aliphatic heterocycles. The number of thiazole rings is 1.